The van der Waals surface area contributed by atoms with Crippen LogP contribution < -0.4 is 0 Å². The highest BCUT2D eigenvalue weighted by Crippen LogP contribution is 2.38. The van der Waals surface area contributed by atoms with Crippen LogP contribution in [-0.2, 0) is 12.0 Å². The third kappa shape index (κ3) is 2.80. The molecule has 1 N–H and O–H groups in total. The van der Waals surface area contributed by atoms with Crippen LogP contribution in [0.1, 0.15) is 44.6 Å². The Labute approximate surface area is 168 Å². The van der Waals surface area contributed by atoms with E-state index in [2.05, 4.69) is 32.5 Å². The van der Waals surface area contributed by atoms with Gasteiger partial charge in [-0.1, -0.05) is 25.3 Å². The molecule has 0 saturated heterocycles. The van der Waals surface area contributed by atoms with Crippen LogP contribution in [0.5, 0.6) is 0 Å². The molecule has 2 aromatic carbocycles. The van der Waals surface area contributed by atoms with Gasteiger partial charge in [0.15, 0.2) is 0 Å². The van der Waals surface area contributed by atoms with Gasteiger partial charge in [0.05, 0.1) is 47.2 Å². The molecule has 1 fully saturated rings. The smallest absolute Gasteiger partial charge is 0.130 e. The maximum absolute atomic E-state index is 14.7. The lowest BCUT2D eigenvalue weighted by atomic mass is 9.83. The molecule has 0 unspecified atom stereocenters. The third-order valence-corrected chi connectivity index (χ3v) is 6.38. The van der Waals surface area contributed by atoms with Crippen molar-refractivity contribution in [3.63, 3.8) is 0 Å². The highest BCUT2D eigenvalue weighted by Gasteiger charge is 2.29. The first-order chi connectivity index (χ1) is 14.1. The molecule has 5 rings (SSSR count). The van der Waals surface area contributed by atoms with E-state index in [1.807, 2.05) is 24.5 Å². The van der Waals surface area contributed by atoms with Crippen LogP contribution in [-0.4, -0.2) is 19.5 Å². The molecule has 1 aliphatic carbocycles. The van der Waals surface area contributed by atoms with Crippen LogP contribution in [0, 0.1) is 17.1 Å². The van der Waals surface area contributed by atoms with Gasteiger partial charge in [0.1, 0.15) is 5.82 Å². The van der Waals surface area contributed by atoms with Crippen molar-refractivity contribution in [2.24, 2.45) is 0 Å². The normalized spacial score (nSPS) is 16.3. The van der Waals surface area contributed by atoms with Gasteiger partial charge in [-0.05, 0) is 43.5 Å². The van der Waals surface area contributed by atoms with Crippen molar-refractivity contribution in [2.75, 3.05) is 0 Å². The molecular weight excluding hydrogens is 365 g/mol. The average Bonchev–Trinajstić information content (AvgIpc) is 3.37. The second kappa shape index (κ2) is 6.70. The van der Waals surface area contributed by atoms with E-state index in [0.717, 1.165) is 27.7 Å². The Bertz CT molecular complexity index is 1250. The summed E-state index contributed by atoms with van der Waals surface area (Å²) in [6, 6.07) is 9.63. The molecule has 0 radical (unpaired) electrons. The van der Waals surface area contributed by atoms with Gasteiger partial charge in [0, 0.05) is 16.7 Å². The molecule has 1 aliphatic rings. The number of benzene rings is 2. The van der Waals surface area contributed by atoms with Crippen LogP contribution in [0.2, 0.25) is 0 Å². The molecule has 5 nitrogen and oxygen atoms in total. The average molecular weight is 387 g/mol. The third-order valence-electron chi connectivity index (χ3n) is 6.38. The van der Waals surface area contributed by atoms with Gasteiger partial charge in [-0.25, -0.2) is 14.4 Å². The highest BCUT2D eigenvalue weighted by molar-refractivity contribution is 5.96. The summed E-state index contributed by atoms with van der Waals surface area (Å²) in [7, 11) is 0. The number of hydrogen-bond donors (Lipinski definition) is 1. The van der Waals surface area contributed by atoms with Crippen molar-refractivity contribution in [1.29, 1.82) is 5.26 Å². The molecule has 4 aromatic rings. The van der Waals surface area contributed by atoms with Crippen LogP contribution in [0.15, 0.2) is 36.9 Å². The first-order valence-electron chi connectivity index (χ1n) is 10.1. The van der Waals surface area contributed by atoms with Gasteiger partial charge in [-0.2, -0.15) is 5.26 Å². The van der Waals surface area contributed by atoms with Crippen molar-refractivity contribution in [3.8, 4) is 17.2 Å². The van der Waals surface area contributed by atoms with Crippen LogP contribution in [0.3, 0.4) is 0 Å². The summed E-state index contributed by atoms with van der Waals surface area (Å²) in [5.41, 5.74) is 5.34. The van der Waals surface area contributed by atoms with E-state index in [-0.39, 0.29) is 12.0 Å². The molecule has 0 spiro atoms. The largest absolute Gasteiger partial charge is 0.344 e. The summed E-state index contributed by atoms with van der Waals surface area (Å²) >= 11 is 0. The lowest BCUT2D eigenvalue weighted by Crippen LogP contribution is -2.31. The predicted molar refractivity (Wildman–Crippen MR) is 111 cm³/mol. The number of fused-ring (bicyclic) bond motifs is 2. The van der Waals surface area contributed by atoms with Crippen molar-refractivity contribution in [1.82, 2.24) is 19.5 Å². The minimum absolute atomic E-state index is 0.00447. The SMILES string of the molecule is CC1(n2cnc3cc(-c4cc(F)c(CC#N)c5nc[nH]c45)ccc32)CCCCC1. The fraction of sp³-hybridized carbons (Fsp3) is 0.348. The lowest BCUT2D eigenvalue weighted by molar-refractivity contribution is 0.224. The summed E-state index contributed by atoms with van der Waals surface area (Å²) in [6.45, 7) is 2.32. The molecule has 29 heavy (non-hydrogen) atoms. The lowest BCUT2D eigenvalue weighted by Gasteiger charge is -2.35. The van der Waals surface area contributed by atoms with E-state index < -0.39 is 5.82 Å². The molecule has 1 saturated carbocycles. The number of imidazole rings is 2. The molecule has 0 bridgehead atoms. The Hall–Kier alpha value is -3.20. The van der Waals surface area contributed by atoms with Gasteiger partial charge < -0.3 is 9.55 Å². The predicted octanol–water partition coefficient (Wildman–Crippen LogP) is 5.46. The van der Waals surface area contributed by atoms with E-state index in [4.69, 9.17) is 5.26 Å². The summed E-state index contributed by atoms with van der Waals surface area (Å²) in [5, 5.41) is 9.01. The fourth-order valence-electron chi connectivity index (χ4n) is 4.77. The van der Waals surface area contributed by atoms with Gasteiger partial charge in [0.2, 0.25) is 0 Å². The summed E-state index contributed by atoms with van der Waals surface area (Å²) in [5.74, 6) is -0.401. The van der Waals surface area contributed by atoms with Gasteiger partial charge in [0.25, 0.3) is 0 Å². The number of H-pyrrole nitrogens is 1. The van der Waals surface area contributed by atoms with Crippen molar-refractivity contribution in [3.05, 3.63) is 48.3 Å². The number of nitriles is 1. The molecular formula is C23H22FN5. The number of halogens is 1. The molecule has 6 heteroatoms. The number of nitrogens with zero attached hydrogens (tertiary/aromatic N) is 4. The fourth-order valence-corrected chi connectivity index (χ4v) is 4.77. The number of aromatic nitrogens is 4. The second-order valence-corrected chi connectivity index (χ2v) is 8.22. The molecule has 2 heterocycles. The summed E-state index contributed by atoms with van der Waals surface area (Å²) in [6.07, 6.45) is 9.63. The standard InChI is InChI=1S/C23H22FN5/c1-23(8-3-2-4-9-23)29-14-28-19-11-15(5-6-20(19)29)17-12-18(24)16(7-10-25)21-22(17)27-13-26-21/h5-6,11-14H,2-4,7-9H2,1H3,(H,26,27). The van der Waals surface area contributed by atoms with E-state index in [0.29, 0.717) is 11.1 Å². The Morgan fingerprint density at radius 2 is 2.03 bits per heavy atom. The topological polar surface area (TPSA) is 70.3 Å². The highest BCUT2D eigenvalue weighted by atomic mass is 19.1. The number of rotatable bonds is 3. The zero-order valence-electron chi connectivity index (χ0n) is 16.4. The number of hydrogen-bond acceptors (Lipinski definition) is 3. The van der Waals surface area contributed by atoms with E-state index in [1.54, 1.807) is 6.33 Å². The molecule has 0 atom stereocenters. The Kier molecular flexibility index (Phi) is 4.13. The molecule has 146 valence electrons. The van der Waals surface area contributed by atoms with Gasteiger partial charge >= 0.3 is 0 Å². The molecule has 0 aliphatic heterocycles. The van der Waals surface area contributed by atoms with E-state index >= 15 is 0 Å². The zero-order valence-corrected chi connectivity index (χ0v) is 16.4. The minimum Gasteiger partial charge on any atom is -0.344 e. The Balaban J connectivity index is 1.63. The first-order valence-corrected chi connectivity index (χ1v) is 10.1. The Morgan fingerprint density at radius 3 is 2.83 bits per heavy atom. The molecule has 0 amide bonds. The van der Waals surface area contributed by atoms with Crippen molar-refractivity contribution < 1.29 is 4.39 Å². The maximum atomic E-state index is 14.7. The summed E-state index contributed by atoms with van der Waals surface area (Å²) < 4.78 is 17.0. The van der Waals surface area contributed by atoms with Gasteiger partial charge in [-0.15, -0.1) is 0 Å². The van der Waals surface area contributed by atoms with Crippen LogP contribution in [0.4, 0.5) is 4.39 Å². The molecule has 2 aromatic heterocycles. The van der Waals surface area contributed by atoms with Crippen LogP contribution >= 0.6 is 0 Å². The van der Waals surface area contributed by atoms with Crippen LogP contribution in [0.25, 0.3) is 33.2 Å². The monoisotopic (exact) mass is 387 g/mol. The van der Waals surface area contributed by atoms with Gasteiger partial charge in [-0.3, -0.25) is 0 Å². The van der Waals surface area contributed by atoms with E-state index in [9.17, 15) is 4.39 Å². The van der Waals surface area contributed by atoms with Crippen molar-refractivity contribution in [2.45, 2.75) is 51.0 Å². The summed E-state index contributed by atoms with van der Waals surface area (Å²) in [4.78, 5) is 12.0. The number of nitrogens with one attached hydrogen (secondary N) is 1. The quantitative estimate of drug-likeness (QED) is 0.507. The second-order valence-electron chi connectivity index (χ2n) is 8.22. The van der Waals surface area contributed by atoms with Crippen molar-refractivity contribution >= 4 is 22.1 Å². The van der Waals surface area contributed by atoms with E-state index in [1.165, 1.54) is 38.2 Å². The zero-order chi connectivity index (χ0) is 20.0. The first kappa shape index (κ1) is 17.9. The number of aromatic amines is 1. The maximum Gasteiger partial charge on any atom is 0.130 e. The Morgan fingerprint density at radius 1 is 1.21 bits per heavy atom. The minimum atomic E-state index is -0.401.